The van der Waals surface area contributed by atoms with Crippen molar-refractivity contribution in [3.8, 4) is 11.4 Å². The van der Waals surface area contributed by atoms with E-state index in [2.05, 4.69) is 5.10 Å². The number of aromatic nitrogens is 2. The smallest absolute Gasteiger partial charge is 0.346 e. The molecule has 6 nitrogen and oxygen atoms in total. The highest BCUT2D eigenvalue weighted by molar-refractivity contribution is 5.95. The molecule has 1 saturated heterocycles. The average Bonchev–Trinajstić information content (AvgIpc) is 3.32. The molecule has 1 aliphatic heterocycles. The van der Waals surface area contributed by atoms with Crippen molar-refractivity contribution in [2.75, 3.05) is 11.4 Å². The topological polar surface area (TPSA) is 64.4 Å². The van der Waals surface area contributed by atoms with Crippen LogP contribution in [0.5, 0.6) is 5.75 Å². The van der Waals surface area contributed by atoms with E-state index < -0.39 is 5.97 Å². The summed E-state index contributed by atoms with van der Waals surface area (Å²) < 4.78 is 7.02. The molecular weight excluding hydrogens is 330 g/mol. The van der Waals surface area contributed by atoms with Crippen molar-refractivity contribution in [1.82, 2.24) is 9.78 Å². The first-order valence-corrected chi connectivity index (χ1v) is 8.43. The summed E-state index contributed by atoms with van der Waals surface area (Å²) in [5.74, 6) is 0.0816. The number of para-hydroxylation sites is 1. The Kier molecular flexibility index (Phi) is 4.23. The molecule has 1 aliphatic rings. The van der Waals surface area contributed by atoms with Gasteiger partial charge in [-0.3, -0.25) is 4.79 Å². The summed E-state index contributed by atoms with van der Waals surface area (Å²) in [7, 11) is 0. The molecule has 0 N–H and O–H groups in total. The molecule has 0 spiro atoms. The third-order valence-corrected chi connectivity index (χ3v) is 4.27. The van der Waals surface area contributed by atoms with Crippen molar-refractivity contribution in [2.24, 2.45) is 0 Å². The summed E-state index contributed by atoms with van der Waals surface area (Å²) in [5.41, 5.74) is 2.06. The fourth-order valence-corrected chi connectivity index (χ4v) is 2.93. The van der Waals surface area contributed by atoms with Crippen LogP contribution in [0.2, 0.25) is 0 Å². The first-order valence-electron chi connectivity index (χ1n) is 8.43. The van der Waals surface area contributed by atoms with E-state index in [4.69, 9.17) is 4.74 Å². The summed E-state index contributed by atoms with van der Waals surface area (Å²) in [4.78, 5) is 25.8. The van der Waals surface area contributed by atoms with Gasteiger partial charge in [0.1, 0.15) is 5.75 Å². The van der Waals surface area contributed by atoms with Crippen molar-refractivity contribution in [2.45, 2.75) is 12.8 Å². The Balaban J connectivity index is 1.45. The van der Waals surface area contributed by atoms with Crippen LogP contribution >= 0.6 is 0 Å². The minimum Gasteiger partial charge on any atom is -0.423 e. The van der Waals surface area contributed by atoms with Crippen LogP contribution in [0.4, 0.5) is 5.69 Å². The van der Waals surface area contributed by atoms with Crippen LogP contribution < -0.4 is 9.64 Å². The highest BCUT2D eigenvalue weighted by Crippen LogP contribution is 2.24. The number of nitrogens with zero attached hydrogens (tertiary/aromatic N) is 3. The zero-order valence-electron chi connectivity index (χ0n) is 14.0. The van der Waals surface area contributed by atoms with Gasteiger partial charge in [-0.05, 0) is 42.8 Å². The van der Waals surface area contributed by atoms with Gasteiger partial charge in [-0.15, -0.1) is 0 Å². The van der Waals surface area contributed by atoms with E-state index in [0.717, 1.165) is 24.3 Å². The van der Waals surface area contributed by atoms with E-state index in [1.54, 1.807) is 40.0 Å². The van der Waals surface area contributed by atoms with E-state index in [-0.39, 0.29) is 5.91 Å². The first-order chi connectivity index (χ1) is 12.7. The van der Waals surface area contributed by atoms with Gasteiger partial charge >= 0.3 is 5.97 Å². The zero-order valence-corrected chi connectivity index (χ0v) is 14.0. The average molecular weight is 347 g/mol. The molecule has 2 heterocycles. The van der Waals surface area contributed by atoms with Crippen molar-refractivity contribution in [3.63, 3.8) is 0 Å². The maximum Gasteiger partial charge on any atom is 0.346 e. The van der Waals surface area contributed by atoms with Gasteiger partial charge in [0, 0.05) is 24.8 Å². The van der Waals surface area contributed by atoms with Crippen LogP contribution in [-0.2, 0) is 4.79 Å². The maximum absolute atomic E-state index is 12.3. The molecule has 0 unspecified atom stereocenters. The maximum atomic E-state index is 12.3. The van der Waals surface area contributed by atoms with Crippen molar-refractivity contribution in [3.05, 3.63) is 72.6 Å². The lowest BCUT2D eigenvalue weighted by Gasteiger charge is -2.15. The van der Waals surface area contributed by atoms with Crippen LogP contribution in [-0.4, -0.2) is 28.2 Å². The Labute approximate surface area is 150 Å². The molecule has 130 valence electrons. The quantitative estimate of drug-likeness (QED) is 0.537. The second-order valence-electron chi connectivity index (χ2n) is 6.04. The molecule has 0 atom stereocenters. The molecule has 0 aliphatic carbocycles. The third kappa shape index (κ3) is 3.21. The normalized spacial score (nSPS) is 13.8. The van der Waals surface area contributed by atoms with E-state index in [9.17, 15) is 9.59 Å². The Morgan fingerprint density at radius 1 is 1.00 bits per heavy atom. The molecular formula is C20H17N3O3. The predicted molar refractivity (Wildman–Crippen MR) is 96.6 cm³/mol. The standard InChI is InChI=1S/C20H17N3O3/c24-19-7-4-12-22(19)16-8-10-18(11-9-16)26-20(25)15-13-21-23(14-15)17-5-2-1-3-6-17/h1-3,5-6,8-11,13-14H,4,7,12H2. The van der Waals surface area contributed by atoms with E-state index in [1.165, 1.54) is 6.20 Å². The van der Waals surface area contributed by atoms with Crippen LogP contribution in [0, 0.1) is 0 Å². The number of amides is 1. The minimum absolute atomic E-state index is 0.128. The number of benzene rings is 2. The number of carbonyl (C=O) groups excluding carboxylic acids is 2. The fourth-order valence-electron chi connectivity index (χ4n) is 2.93. The van der Waals surface area contributed by atoms with Gasteiger partial charge in [-0.2, -0.15) is 5.10 Å². The molecule has 2 aromatic carbocycles. The Morgan fingerprint density at radius 3 is 2.46 bits per heavy atom. The largest absolute Gasteiger partial charge is 0.423 e. The first kappa shape index (κ1) is 16.1. The summed E-state index contributed by atoms with van der Waals surface area (Å²) in [5, 5.41) is 4.20. The molecule has 0 radical (unpaired) electrons. The molecule has 0 saturated carbocycles. The lowest BCUT2D eigenvalue weighted by atomic mass is 10.2. The molecule has 26 heavy (non-hydrogen) atoms. The number of carbonyl (C=O) groups is 2. The van der Waals surface area contributed by atoms with Crippen molar-refractivity contribution in [1.29, 1.82) is 0 Å². The zero-order chi connectivity index (χ0) is 17.9. The van der Waals surface area contributed by atoms with E-state index in [0.29, 0.717) is 17.7 Å². The summed E-state index contributed by atoms with van der Waals surface area (Å²) in [6.07, 6.45) is 4.57. The third-order valence-electron chi connectivity index (χ3n) is 4.27. The molecule has 3 aromatic rings. The van der Waals surface area contributed by atoms with Crippen LogP contribution in [0.3, 0.4) is 0 Å². The van der Waals surface area contributed by atoms with Gasteiger partial charge in [0.2, 0.25) is 5.91 Å². The van der Waals surface area contributed by atoms with E-state index >= 15 is 0 Å². The van der Waals surface area contributed by atoms with Crippen LogP contribution in [0.25, 0.3) is 5.69 Å². The molecule has 0 bridgehead atoms. The van der Waals surface area contributed by atoms with Gasteiger partial charge in [-0.25, -0.2) is 9.48 Å². The fraction of sp³-hybridized carbons (Fsp3) is 0.150. The minimum atomic E-state index is -0.475. The monoisotopic (exact) mass is 347 g/mol. The molecule has 6 heteroatoms. The SMILES string of the molecule is O=C(Oc1ccc(N2CCCC2=O)cc1)c1cnn(-c2ccccc2)c1. The highest BCUT2D eigenvalue weighted by Gasteiger charge is 2.21. The van der Waals surface area contributed by atoms with Crippen LogP contribution in [0.1, 0.15) is 23.2 Å². The predicted octanol–water partition coefficient (Wildman–Crippen LogP) is 3.22. The number of anilines is 1. The molecule has 1 amide bonds. The Bertz CT molecular complexity index is 932. The Hall–Kier alpha value is -3.41. The molecule has 1 aromatic heterocycles. The molecule has 4 rings (SSSR count). The number of hydrogen-bond donors (Lipinski definition) is 0. The number of rotatable bonds is 4. The highest BCUT2D eigenvalue weighted by atomic mass is 16.5. The second kappa shape index (κ2) is 6.84. The molecule has 1 fully saturated rings. The van der Waals surface area contributed by atoms with Crippen molar-refractivity contribution >= 4 is 17.6 Å². The van der Waals surface area contributed by atoms with Gasteiger partial charge < -0.3 is 9.64 Å². The number of esters is 1. The van der Waals surface area contributed by atoms with Crippen molar-refractivity contribution < 1.29 is 14.3 Å². The summed E-state index contributed by atoms with van der Waals surface area (Å²) in [6, 6.07) is 16.5. The summed E-state index contributed by atoms with van der Waals surface area (Å²) >= 11 is 0. The number of hydrogen-bond acceptors (Lipinski definition) is 4. The van der Waals surface area contributed by atoms with Gasteiger partial charge in [-0.1, -0.05) is 18.2 Å². The Morgan fingerprint density at radius 2 is 1.77 bits per heavy atom. The van der Waals surface area contributed by atoms with Crippen LogP contribution in [0.15, 0.2) is 67.0 Å². The van der Waals surface area contributed by atoms with Gasteiger partial charge in [0.15, 0.2) is 0 Å². The summed E-state index contributed by atoms with van der Waals surface area (Å²) in [6.45, 7) is 0.733. The lowest BCUT2D eigenvalue weighted by molar-refractivity contribution is -0.117. The van der Waals surface area contributed by atoms with E-state index in [1.807, 2.05) is 30.3 Å². The van der Waals surface area contributed by atoms with Gasteiger partial charge in [0.05, 0.1) is 17.4 Å². The lowest BCUT2D eigenvalue weighted by Crippen LogP contribution is -2.23. The second-order valence-corrected chi connectivity index (χ2v) is 6.04. The van der Waals surface area contributed by atoms with Gasteiger partial charge in [0.25, 0.3) is 0 Å². The number of ether oxygens (including phenoxy) is 1.